The molecule has 0 spiro atoms. The van der Waals surface area contributed by atoms with Gasteiger partial charge >= 0.3 is 6.09 Å². The smallest absolute Gasteiger partial charge is 0.407 e. The van der Waals surface area contributed by atoms with E-state index >= 15 is 0 Å². The van der Waals surface area contributed by atoms with Crippen LogP contribution in [0.1, 0.15) is 43.4 Å². The van der Waals surface area contributed by atoms with Crippen LogP contribution in [-0.4, -0.2) is 42.7 Å². The Morgan fingerprint density at radius 3 is 2.12 bits per heavy atom. The predicted octanol–water partition coefficient (Wildman–Crippen LogP) is 5.27. The molecular formula is C30H31N5O5. The molecule has 3 aromatic rings. The second kappa shape index (κ2) is 12.4. The molecule has 0 saturated carbocycles. The number of carbonyl (C=O) groups is 3. The van der Waals surface area contributed by atoms with Crippen molar-refractivity contribution in [2.24, 2.45) is 5.11 Å². The summed E-state index contributed by atoms with van der Waals surface area (Å²) in [6, 6.07) is 22.1. The summed E-state index contributed by atoms with van der Waals surface area (Å²) in [7, 11) is 0. The highest BCUT2D eigenvalue weighted by Gasteiger charge is 2.30. The SMILES string of the molecule is CC(C)(C)Oc1ccc(C[C@H](NC(=O)OCC2c3ccccc3-c3ccccc32)C(=O)NCC(=O)N=[N+]=[N-])cc1. The highest BCUT2D eigenvalue weighted by Crippen LogP contribution is 2.44. The lowest BCUT2D eigenvalue weighted by Crippen LogP contribution is -2.49. The Morgan fingerprint density at radius 1 is 0.950 bits per heavy atom. The molecular weight excluding hydrogens is 510 g/mol. The zero-order chi connectivity index (χ0) is 28.7. The molecule has 0 unspecified atom stereocenters. The largest absolute Gasteiger partial charge is 0.488 e. The van der Waals surface area contributed by atoms with Crippen molar-refractivity contribution < 1.29 is 23.9 Å². The number of hydrogen-bond donors (Lipinski definition) is 2. The summed E-state index contributed by atoms with van der Waals surface area (Å²) in [4.78, 5) is 39.9. The van der Waals surface area contributed by atoms with Gasteiger partial charge in [-0.1, -0.05) is 60.7 Å². The summed E-state index contributed by atoms with van der Waals surface area (Å²) in [5.74, 6) is -0.937. The zero-order valence-electron chi connectivity index (χ0n) is 22.6. The van der Waals surface area contributed by atoms with E-state index in [2.05, 4.69) is 20.7 Å². The highest BCUT2D eigenvalue weighted by atomic mass is 16.5. The van der Waals surface area contributed by atoms with E-state index in [4.69, 9.17) is 15.0 Å². The van der Waals surface area contributed by atoms with E-state index in [-0.39, 0.29) is 24.5 Å². The fourth-order valence-corrected chi connectivity index (χ4v) is 4.65. The quantitative estimate of drug-likeness (QED) is 0.216. The van der Waals surface area contributed by atoms with Gasteiger partial charge in [-0.05, 0) is 71.4 Å². The molecule has 0 heterocycles. The van der Waals surface area contributed by atoms with Gasteiger partial charge in [0.1, 0.15) is 24.0 Å². The highest BCUT2D eigenvalue weighted by molar-refractivity contribution is 5.90. The lowest BCUT2D eigenvalue weighted by atomic mass is 9.98. The Hall–Kier alpha value is -4.82. The molecule has 4 rings (SSSR count). The van der Waals surface area contributed by atoms with Crippen molar-refractivity contribution >= 4 is 17.9 Å². The fraction of sp³-hybridized carbons (Fsp3) is 0.300. The van der Waals surface area contributed by atoms with Crippen molar-refractivity contribution in [3.8, 4) is 16.9 Å². The first kappa shape index (κ1) is 28.2. The summed E-state index contributed by atoms with van der Waals surface area (Å²) in [6.45, 7) is 5.41. The van der Waals surface area contributed by atoms with E-state index in [1.165, 1.54) is 0 Å². The molecule has 1 aliphatic carbocycles. The van der Waals surface area contributed by atoms with E-state index in [9.17, 15) is 14.4 Å². The standard InChI is InChI=1S/C30H31N5O5/c1-30(2,3)40-20-14-12-19(13-15-20)16-26(28(37)32-17-27(36)34-35-31)33-29(38)39-18-25-23-10-6-4-8-21(23)22-9-5-7-11-24(22)25/h4-15,25-26H,16-18H2,1-3H3,(H,32,37)(H,33,38)/t26-/m0/s1. The molecule has 3 amide bonds. The van der Waals surface area contributed by atoms with Crippen molar-refractivity contribution in [3.05, 3.63) is 99.9 Å². The molecule has 0 bridgehead atoms. The number of amides is 3. The van der Waals surface area contributed by atoms with E-state index in [1.807, 2.05) is 69.3 Å². The van der Waals surface area contributed by atoms with E-state index in [0.29, 0.717) is 5.75 Å². The van der Waals surface area contributed by atoms with Gasteiger partial charge in [-0.2, -0.15) is 0 Å². The van der Waals surface area contributed by atoms with E-state index in [1.54, 1.807) is 24.3 Å². The lowest BCUT2D eigenvalue weighted by Gasteiger charge is -2.22. The molecule has 1 atom stereocenters. The topological polar surface area (TPSA) is 142 Å². The summed E-state index contributed by atoms with van der Waals surface area (Å²) in [5.41, 5.74) is 13.2. The number of nitrogens with one attached hydrogen (secondary N) is 2. The third-order valence-electron chi connectivity index (χ3n) is 6.31. The lowest BCUT2D eigenvalue weighted by molar-refractivity contribution is -0.126. The van der Waals surface area contributed by atoms with Crippen molar-refractivity contribution in [1.29, 1.82) is 0 Å². The molecule has 40 heavy (non-hydrogen) atoms. The fourth-order valence-electron chi connectivity index (χ4n) is 4.65. The van der Waals surface area contributed by atoms with Gasteiger partial charge in [-0.3, -0.25) is 9.59 Å². The number of ether oxygens (including phenoxy) is 2. The summed E-state index contributed by atoms with van der Waals surface area (Å²) < 4.78 is 11.5. The van der Waals surface area contributed by atoms with Gasteiger partial charge < -0.3 is 20.1 Å². The Morgan fingerprint density at radius 2 is 1.55 bits per heavy atom. The van der Waals surface area contributed by atoms with E-state index in [0.717, 1.165) is 27.8 Å². The van der Waals surface area contributed by atoms with Gasteiger partial charge in [0, 0.05) is 17.3 Å². The molecule has 0 aromatic heterocycles. The maximum Gasteiger partial charge on any atom is 0.407 e. The van der Waals surface area contributed by atoms with Crippen LogP contribution in [0.15, 0.2) is 77.9 Å². The molecule has 10 nitrogen and oxygen atoms in total. The van der Waals surface area contributed by atoms with Crippen LogP contribution < -0.4 is 15.4 Å². The molecule has 0 radical (unpaired) electrons. The average molecular weight is 542 g/mol. The molecule has 10 heteroatoms. The van der Waals surface area contributed by atoms with Crippen LogP contribution in [-0.2, 0) is 20.7 Å². The first-order valence-electron chi connectivity index (χ1n) is 12.9. The summed E-state index contributed by atoms with van der Waals surface area (Å²) in [6.07, 6.45) is -0.641. The maximum absolute atomic E-state index is 12.9. The Bertz CT molecular complexity index is 1400. The average Bonchev–Trinajstić information content (AvgIpc) is 3.24. The first-order chi connectivity index (χ1) is 19.1. The number of alkyl carbamates (subject to hydrolysis) is 1. The van der Waals surface area contributed by atoms with Gasteiger partial charge in [0.25, 0.3) is 0 Å². The third kappa shape index (κ3) is 7.18. The Balaban J connectivity index is 1.45. The van der Waals surface area contributed by atoms with Crippen LogP contribution in [0.25, 0.3) is 21.6 Å². The zero-order valence-corrected chi connectivity index (χ0v) is 22.6. The molecule has 0 fully saturated rings. The normalized spacial score (nSPS) is 12.8. The maximum atomic E-state index is 12.9. The molecule has 1 aliphatic rings. The van der Waals surface area contributed by atoms with Gasteiger partial charge in [0.2, 0.25) is 11.8 Å². The molecule has 2 N–H and O–H groups in total. The van der Waals surface area contributed by atoms with Gasteiger partial charge in [-0.15, -0.1) is 0 Å². The van der Waals surface area contributed by atoms with Crippen molar-refractivity contribution in [2.45, 2.75) is 44.8 Å². The Labute approximate surface area is 232 Å². The number of nitrogens with zero attached hydrogens (tertiary/aromatic N) is 3. The third-order valence-corrected chi connectivity index (χ3v) is 6.31. The minimum atomic E-state index is -1.05. The van der Waals surface area contributed by atoms with Crippen LogP contribution >= 0.6 is 0 Å². The number of carbonyl (C=O) groups excluding carboxylic acids is 3. The number of benzene rings is 3. The van der Waals surface area contributed by atoms with Crippen LogP contribution in [0.3, 0.4) is 0 Å². The monoisotopic (exact) mass is 541 g/mol. The number of fused-ring (bicyclic) bond motifs is 3. The predicted molar refractivity (Wildman–Crippen MR) is 150 cm³/mol. The van der Waals surface area contributed by atoms with Gasteiger partial charge in [0.15, 0.2) is 0 Å². The number of hydrogen-bond acceptors (Lipinski definition) is 5. The first-order valence-corrected chi connectivity index (χ1v) is 12.9. The van der Waals surface area contributed by atoms with Crippen LogP contribution in [0.2, 0.25) is 0 Å². The molecule has 3 aromatic carbocycles. The number of azide groups is 1. The van der Waals surface area contributed by atoms with Crippen molar-refractivity contribution in [1.82, 2.24) is 10.6 Å². The van der Waals surface area contributed by atoms with Crippen molar-refractivity contribution in [2.75, 3.05) is 13.2 Å². The van der Waals surface area contributed by atoms with Gasteiger partial charge in [-0.25, -0.2) is 4.79 Å². The van der Waals surface area contributed by atoms with Crippen LogP contribution in [0, 0.1) is 0 Å². The molecule has 0 aliphatic heterocycles. The minimum Gasteiger partial charge on any atom is -0.488 e. The second-order valence-electron chi connectivity index (χ2n) is 10.4. The summed E-state index contributed by atoms with van der Waals surface area (Å²) >= 11 is 0. The summed E-state index contributed by atoms with van der Waals surface area (Å²) in [5, 5.41) is 7.99. The van der Waals surface area contributed by atoms with Crippen LogP contribution in [0.4, 0.5) is 4.79 Å². The minimum absolute atomic E-state index is 0.0857. The molecule has 0 saturated heterocycles. The molecule has 206 valence electrons. The van der Waals surface area contributed by atoms with E-state index < -0.39 is 30.5 Å². The van der Waals surface area contributed by atoms with Crippen molar-refractivity contribution in [3.63, 3.8) is 0 Å². The van der Waals surface area contributed by atoms with Gasteiger partial charge in [0.05, 0.1) is 6.54 Å². The number of rotatable bonds is 9. The second-order valence-corrected chi connectivity index (χ2v) is 10.4. The Kier molecular flexibility index (Phi) is 8.71. The van der Waals surface area contributed by atoms with Crippen LogP contribution in [0.5, 0.6) is 5.75 Å².